The highest BCUT2D eigenvalue weighted by Gasteiger charge is 2.24. The molecule has 0 atom stereocenters. The Balaban J connectivity index is 1.27. The van der Waals surface area contributed by atoms with E-state index in [1.807, 2.05) is 18.2 Å². The third kappa shape index (κ3) is 6.60. The van der Waals surface area contributed by atoms with Crippen LogP contribution in [0.1, 0.15) is 50.0 Å². The molecule has 1 amide bonds. The molecular formula is C26H28ClN3O4. The highest BCUT2D eigenvalue weighted by molar-refractivity contribution is 6.30. The molecule has 1 aromatic heterocycles. The van der Waals surface area contributed by atoms with Crippen LogP contribution >= 0.6 is 11.6 Å². The fourth-order valence-corrected chi connectivity index (χ4v) is 4.61. The molecule has 1 saturated carbocycles. The average molecular weight is 482 g/mol. The molecular weight excluding hydrogens is 454 g/mol. The van der Waals surface area contributed by atoms with Crippen molar-refractivity contribution >= 4 is 35.2 Å². The summed E-state index contributed by atoms with van der Waals surface area (Å²) < 4.78 is 5.86. The number of aromatic nitrogens is 1. The van der Waals surface area contributed by atoms with E-state index in [1.165, 1.54) is 5.56 Å². The summed E-state index contributed by atoms with van der Waals surface area (Å²) in [5, 5.41) is 15.1. The number of benzene rings is 2. The van der Waals surface area contributed by atoms with E-state index in [0.29, 0.717) is 35.1 Å². The van der Waals surface area contributed by atoms with Crippen LogP contribution in [0.4, 0.5) is 11.7 Å². The molecule has 0 spiro atoms. The van der Waals surface area contributed by atoms with Crippen molar-refractivity contribution in [3.05, 3.63) is 65.3 Å². The lowest BCUT2D eigenvalue weighted by Gasteiger charge is -2.28. The maximum atomic E-state index is 12.0. The number of carbonyl (C=O) groups excluding carboxylic acids is 1. The van der Waals surface area contributed by atoms with Gasteiger partial charge in [0.25, 0.3) is 6.01 Å². The number of rotatable bonds is 9. The normalized spacial score (nSPS) is 17.8. The van der Waals surface area contributed by atoms with Gasteiger partial charge in [0.2, 0.25) is 5.91 Å². The van der Waals surface area contributed by atoms with Crippen LogP contribution in [0.5, 0.6) is 0 Å². The molecule has 1 aliphatic carbocycles. The van der Waals surface area contributed by atoms with E-state index in [-0.39, 0.29) is 18.9 Å². The molecule has 0 radical (unpaired) electrons. The Kier molecular flexibility index (Phi) is 7.85. The monoisotopic (exact) mass is 481 g/mol. The van der Waals surface area contributed by atoms with Crippen LogP contribution in [0.15, 0.2) is 59.1 Å². The number of hydrogen-bond acceptors (Lipinski definition) is 5. The molecule has 3 N–H and O–H groups in total. The number of nitrogens with one attached hydrogen (secondary N) is 2. The van der Waals surface area contributed by atoms with E-state index in [4.69, 9.17) is 21.1 Å². The van der Waals surface area contributed by atoms with Gasteiger partial charge in [-0.1, -0.05) is 41.9 Å². The highest BCUT2D eigenvalue weighted by Crippen LogP contribution is 2.37. The molecule has 0 unspecified atom stereocenters. The fourth-order valence-electron chi connectivity index (χ4n) is 4.42. The number of oxazole rings is 1. The molecule has 1 aliphatic rings. The summed E-state index contributed by atoms with van der Waals surface area (Å²) in [6, 6.07) is 16.2. The Morgan fingerprint density at radius 3 is 2.56 bits per heavy atom. The fraction of sp³-hybridized carbons (Fsp3) is 0.346. The van der Waals surface area contributed by atoms with Gasteiger partial charge in [-0.3, -0.25) is 9.59 Å². The second-order valence-corrected chi connectivity index (χ2v) is 9.14. The maximum absolute atomic E-state index is 12.0. The number of nitrogens with zero attached hydrogens (tertiary/aromatic N) is 1. The summed E-state index contributed by atoms with van der Waals surface area (Å²) in [6.07, 6.45) is 6.23. The van der Waals surface area contributed by atoms with Crippen molar-refractivity contribution in [1.82, 2.24) is 10.3 Å². The van der Waals surface area contributed by atoms with Gasteiger partial charge < -0.3 is 20.2 Å². The van der Waals surface area contributed by atoms with Crippen LogP contribution in [-0.2, 0) is 9.59 Å². The largest absolute Gasteiger partial charge is 0.481 e. The molecule has 2 aromatic carbocycles. The van der Waals surface area contributed by atoms with Gasteiger partial charge >= 0.3 is 5.97 Å². The Morgan fingerprint density at radius 2 is 1.85 bits per heavy atom. The third-order valence-electron chi connectivity index (χ3n) is 6.23. The van der Waals surface area contributed by atoms with E-state index >= 15 is 0 Å². The van der Waals surface area contributed by atoms with Crippen LogP contribution in [0.2, 0.25) is 5.02 Å². The Morgan fingerprint density at radius 1 is 1.09 bits per heavy atom. The van der Waals surface area contributed by atoms with Crippen molar-refractivity contribution in [2.75, 3.05) is 11.9 Å². The minimum absolute atomic E-state index is 0.0394. The minimum Gasteiger partial charge on any atom is -0.481 e. The van der Waals surface area contributed by atoms with Crippen molar-refractivity contribution < 1.29 is 19.1 Å². The standard InChI is InChI=1S/C26H28ClN3O4/c27-21-2-1-3-22(15-21)30-26-29-16-23(34-26)20-10-8-19(9-11-20)18-6-4-17(5-7-18)14-24(31)28-13-12-25(32)33/h1-3,8-11,15-18H,4-7,12-14H2,(H,28,31)(H,29,30)(H,32,33)/t17-,18+. The van der Waals surface area contributed by atoms with Crippen LogP contribution in [0.3, 0.4) is 0 Å². The van der Waals surface area contributed by atoms with Gasteiger partial charge in [-0.15, -0.1) is 0 Å². The van der Waals surface area contributed by atoms with Crippen LogP contribution < -0.4 is 10.6 Å². The Hall–Kier alpha value is -3.32. The zero-order valence-electron chi connectivity index (χ0n) is 18.8. The van der Waals surface area contributed by atoms with E-state index < -0.39 is 5.97 Å². The van der Waals surface area contributed by atoms with Crippen molar-refractivity contribution in [2.45, 2.75) is 44.4 Å². The van der Waals surface area contributed by atoms with Gasteiger partial charge in [-0.05, 0) is 61.3 Å². The molecule has 3 aromatic rings. The molecule has 4 rings (SSSR count). The molecule has 1 heterocycles. The minimum atomic E-state index is -0.898. The average Bonchev–Trinajstić information content (AvgIpc) is 3.28. The number of hydrogen-bond donors (Lipinski definition) is 3. The first-order chi connectivity index (χ1) is 16.5. The number of amides is 1. The summed E-state index contributed by atoms with van der Waals surface area (Å²) >= 11 is 6.02. The first-order valence-electron chi connectivity index (χ1n) is 11.5. The summed E-state index contributed by atoms with van der Waals surface area (Å²) in [5.74, 6) is 0.582. The van der Waals surface area contributed by atoms with Gasteiger partial charge in [0.15, 0.2) is 5.76 Å². The van der Waals surface area contributed by atoms with Crippen molar-refractivity contribution in [2.24, 2.45) is 5.92 Å². The van der Waals surface area contributed by atoms with E-state index in [1.54, 1.807) is 12.3 Å². The predicted octanol–water partition coefficient (Wildman–Crippen LogP) is 5.99. The number of anilines is 2. The number of halogens is 1. The van der Waals surface area contributed by atoms with Crippen molar-refractivity contribution in [3.8, 4) is 11.3 Å². The Labute approximate surface area is 203 Å². The van der Waals surface area contributed by atoms with Crippen molar-refractivity contribution in [3.63, 3.8) is 0 Å². The van der Waals surface area contributed by atoms with Crippen LogP contribution in [-0.4, -0.2) is 28.5 Å². The quantitative estimate of drug-likeness (QED) is 0.346. The van der Waals surface area contributed by atoms with E-state index in [9.17, 15) is 9.59 Å². The molecule has 34 heavy (non-hydrogen) atoms. The Bertz CT molecular complexity index is 1120. The topological polar surface area (TPSA) is 104 Å². The molecule has 7 nitrogen and oxygen atoms in total. The summed E-state index contributed by atoms with van der Waals surface area (Å²) in [5.41, 5.74) is 3.07. The second kappa shape index (κ2) is 11.2. The van der Waals surface area contributed by atoms with Gasteiger partial charge in [-0.25, -0.2) is 4.98 Å². The number of carboxylic acids is 1. The summed E-state index contributed by atoms with van der Waals surface area (Å²) in [4.78, 5) is 26.9. The zero-order valence-corrected chi connectivity index (χ0v) is 19.6. The van der Waals surface area contributed by atoms with Crippen molar-refractivity contribution in [1.29, 1.82) is 0 Å². The highest BCUT2D eigenvalue weighted by atomic mass is 35.5. The molecule has 1 fully saturated rings. The van der Waals surface area contributed by atoms with Gasteiger partial charge in [0.05, 0.1) is 12.6 Å². The predicted molar refractivity (Wildman–Crippen MR) is 131 cm³/mol. The first-order valence-corrected chi connectivity index (χ1v) is 11.9. The van der Waals surface area contributed by atoms with Gasteiger partial charge in [-0.2, -0.15) is 0 Å². The lowest BCUT2D eigenvalue weighted by atomic mass is 9.77. The zero-order chi connectivity index (χ0) is 23.9. The molecule has 8 heteroatoms. The molecule has 178 valence electrons. The second-order valence-electron chi connectivity index (χ2n) is 8.70. The first kappa shape index (κ1) is 23.8. The molecule has 0 bridgehead atoms. The van der Waals surface area contributed by atoms with E-state index in [0.717, 1.165) is 36.9 Å². The van der Waals surface area contributed by atoms with Gasteiger partial charge in [0.1, 0.15) is 0 Å². The van der Waals surface area contributed by atoms with Crippen LogP contribution in [0, 0.1) is 5.92 Å². The third-order valence-corrected chi connectivity index (χ3v) is 6.47. The number of aliphatic carboxylic acids is 1. The summed E-state index contributed by atoms with van der Waals surface area (Å²) in [7, 11) is 0. The van der Waals surface area contributed by atoms with E-state index in [2.05, 4.69) is 39.9 Å². The number of carboxylic acid groups (broad SMARTS) is 1. The van der Waals surface area contributed by atoms with Crippen LogP contribution in [0.25, 0.3) is 11.3 Å². The smallest absolute Gasteiger partial charge is 0.305 e. The lowest BCUT2D eigenvalue weighted by molar-refractivity contribution is -0.136. The molecule has 0 saturated heterocycles. The molecule has 0 aliphatic heterocycles. The number of carbonyl (C=O) groups is 2. The SMILES string of the molecule is O=C(O)CCNC(=O)C[C@H]1CC[C@@H](c2ccc(-c3cnc(Nc4cccc(Cl)c4)o3)cc2)CC1. The maximum Gasteiger partial charge on any atom is 0.305 e. The summed E-state index contributed by atoms with van der Waals surface area (Å²) in [6.45, 7) is 0.194. The van der Waals surface area contributed by atoms with Gasteiger partial charge in [0, 0.05) is 29.2 Å². The lowest BCUT2D eigenvalue weighted by Crippen LogP contribution is -2.28.